The highest BCUT2D eigenvalue weighted by Crippen LogP contribution is 2.40. The van der Waals surface area contributed by atoms with Crippen LogP contribution in [0.3, 0.4) is 0 Å². The van der Waals surface area contributed by atoms with Crippen LogP contribution >= 0.6 is 11.8 Å². The molecule has 1 aromatic carbocycles. The van der Waals surface area contributed by atoms with E-state index in [1.807, 2.05) is 11.8 Å². The molecule has 2 unspecified atom stereocenters. The fraction of sp³-hybridized carbons (Fsp3) is 0.462. The molecule has 0 N–H and O–H groups in total. The lowest BCUT2D eigenvalue weighted by molar-refractivity contribution is 0.101. The molecule has 0 saturated carbocycles. The third-order valence-corrected chi connectivity index (χ3v) is 7.04. The SMILES string of the molecule is CC(=O)c1ccc(S(=O)(=O)N2CC3CC2CS3)cc1. The third kappa shape index (κ3) is 2.22. The minimum Gasteiger partial charge on any atom is -0.295 e. The zero-order valence-corrected chi connectivity index (χ0v) is 12.2. The number of hydrogen-bond acceptors (Lipinski definition) is 4. The van der Waals surface area contributed by atoms with Crippen molar-refractivity contribution in [2.75, 3.05) is 12.3 Å². The average Bonchev–Trinajstić information content (AvgIpc) is 3.01. The van der Waals surface area contributed by atoms with Gasteiger partial charge in [0.25, 0.3) is 0 Å². The Hall–Kier alpha value is -0.850. The van der Waals surface area contributed by atoms with Crippen LogP contribution < -0.4 is 0 Å². The fourth-order valence-electron chi connectivity index (χ4n) is 2.66. The van der Waals surface area contributed by atoms with Gasteiger partial charge in [-0.05, 0) is 25.5 Å². The monoisotopic (exact) mass is 297 g/mol. The van der Waals surface area contributed by atoms with Crippen LogP contribution in [0.4, 0.5) is 0 Å². The van der Waals surface area contributed by atoms with E-state index in [4.69, 9.17) is 0 Å². The number of ketones is 1. The first kappa shape index (κ1) is 13.1. The maximum Gasteiger partial charge on any atom is 0.243 e. The molecule has 1 aromatic rings. The lowest BCUT2D eigenvalue weighted by atomic mass is 10.2. The molecular weight excluding hydrogens is 282 g/mol. The molecule has 0 radical (unpaired) electrons. The number of carbonyl (C=O) groups excluding carboxylic acids is 1. The highest BCUT2D eigenvalue weighted by Gasteiger charge is 2.44. The van der Waals surface area contributed by atoms with Crippen molar-refractivity contribution in [1.29, 1.82) is 0 Å². The highest BCUT2D eigenvalue weighted by molar-refractivity contribution is 8.00. The molecule has 2 fully saturated rings. The topological polar surface area (TPSA) is 54.5 Å². The zero-order valence-electron chi connectivity index (χ0n) is 10.6. The molecule has 2 atom stereocenters. The van der Waals surface area contributed by atoms with Gasteiger partial charge < -0.3 is 0 Å². The molecule has 0 amide bonds. The minimum atomic E-state index is -3.40. The van der Waals surface area contributed by atoms with E-state index in [2.05, 4.69) is 0 Å². The van der Waals surface area contributed by atoms with Crippen LogP contribution in [0.1, 0.15) is 23.7 Å². The Bertz CT molecular complexity index is 609. The summed E-state index contributed by atoms with van der Waals surface area (Å²) in [7, 11) is -3.40. The van der Waals surface area contributed by atoms with Gasteiger partial charge in [-0.25, -0.2) is 8.42 Å². The summed E-state index contributed by atoms with van der Waals surface area (Å²) < 4.78 is 26.7. The number of rotatable bonds is 3. The molecule has 19 heavy (non-hydrogen) atoms. The Morgan fingerprint density at radius 2 is 2.00 bits per heavy atom. The summed E-state index contributed by atoms with van der Waals surface area (Å²) in [6.07, 6.45) is 0.968. The Kier molecular flexibility index (Phi) is 3.19. The van der Waals surface area contributed by atoms with E-state index in [1.165, 1.54) is 19.1 Å². The molecule has 102 valence electrons. The second kappa shape index (κ2) is 4.61. The van der Waals surface area contributed by atoms with Gasteiger partial charge in [-0.2, -0.15) is 16.1 Å². The molecule has 2 aliphatic rings. The van der Waals surface area contributed by atoms with Gasteiger partial charge in [0, 0.05) is 29.2 Å². The summed E-state index contributed by atoms with van der Waals surface area (Å²) in [5, 5.41) is 0.455. The summed E-state index contributed by atoms with van der Waals surface area (Å²) in [6, 6.07) is 6.37. The van der Waals surface area contributed by atoms with Crippen LogP contribution in [0, 0.1) is 0 Å². The molecule has 4 nitrogen and oxygen atoms in total. The molecule has 2 aliphatic heterocycles. The Balaban J connectivity index is 1.90. The van der Waals surface area contributed by atoms with E-state index in [0.717, 1.165) is 12.2 Å². The van der Waals surface area contributed by atoms with E-state index in [9.17, 15) is 13.2 Å². The predicted molar refractivity (Wildman–Crippen MR) is 75.0 cm³/mol. The summed E-state index contributed by atoms with van der Waals surface area (Å²) in [6.45, 7) is 2.09. The van der Waals surface area contributed by atoms with Crippen LogP contribution in [0.5, 0.6) is 0 Å². The smallest absolute Gasteiger partial charge is 0.243 e. The van der Waals surface area contributed by atoms with Crippen molar-refractivity contribution in [2.24, 2.45) is 0 Å². The molecule has 0 aromatic heterocycles. The number of nitrogens with zero attached hydrogens (tertiary/aromatic N) is 1. The van der Waals surface area contributed by atoms with Crippen molar-refractivity contribution in [2.45, 2.75) is 29.5 Å². The second-order valence-electron chi connectivity index (χ2n) is 5.00. The van der Waals surface area contributed by atoms with Crippen LogP contribution in [-0.2, 0) is 10.0 Å². The van der Waals surface area contributed by atoms with Gasteiger partial charge in [0.1, 0.15) is 0 Å². The first-order valence-electron chi connectivity index (χ1n) is 6.23. The molecule has 3 rings (SSSR count). The van der Waals surface area contributed by atoms with E-state index in [-0.39, 0.29) is 16.7 Å². The number of benzene rings is 1. The van der Waals surface area contributed by atoms with Crippen LogP contribution in [-0.4, -0.2) is 42.1 Å². The largest absolute Gasteiger partial charge is 0.295 e. The van der Waals surface area contributed by atoms with Crippen molar-refractivity contribution in [3.63, 3.8) is 0 Å². The summed E-state index contributed by atoms with van der Waals surface area (Å²) in [5.74, 6) is 0.843. The fourth-order valence-corrected chi connectivity index (χ4v) is 5.96. The van der Waals surface area contributed by atoms with E-state index < -0.39 is 10.0 Å². The molecular formula is C13H15NO3S2. The van der Waals surface area contributed by atoms with E-state index in [0.29, 0.717) is 17.4 Å². The van der Waals surface area contributed by atoms with Gasteiger partial charge in [0.15, 0.2) is 5.78 Å². The summed E-state index contributed by atoms with van der Waals surface area (Å²) >= 11 is 1.86. The molecule has 6 heteroatoms. The van der Waals surface area contributed by atoms with Crippen molar-refractivity contribution < 1.29 is 13.2 Å². The molecule has 2 saturated heterocycles. The predicted octanol–water partition coefficient (Wildman–Crippen LogP) is 1.77. The number of thioether (sulfide) groups is 1. The van der Waals surface area contributed by atoms with Crippen LogP contribution in [0.25, 0.3) is 0 Å². The Morgan fingerprint density at radius 1 is 1.32 bits per heavy atom. The number of Topliss-reactive ketones (excluding diaryl/α,β-unsaturated/α-hetero) is 1. The maximum atomic E-state index is 12.5. The summed E-state index contributed by atoms with van der Waals surface area (Å²) in [5.41, 5.74) is 0.539. The van der Waals surface area contributed by atoms with Crippen molar-refractivity contribution in [3.8, 4) is 0 Å². The second-order valence-corrected chi connectivity index (χ2v) is 8.22. The number of sulfonamides is 1. The molecule has 0 spiro atoms. The number of carbonyl (C=O) groups is 1. The molecule has 2 bridgehead atoms. The van der Waals surface area contributed by atoms with Crippen LogP contribution in [0.2, 0.25) is 0 Å². The van der Waals surface area contributed by atoms with Gasteiger partial charge in [-0.1, -0.05) is 12.1 Å². The first-order chi connectivity index (χ1) is 8.98. The minimum absolute atomic E-state index is 0.0550. The third-order valence-electron chi connectivity index (χ3n) is 3.72. The summed E-state index contributed by atoms with van der Waals surface area (Å²) in [4.78, 5) is 11.5. The van der Waals surface area contributed by atoms with Crippen molar-refractivity contribution >= 4 is 27.6 Å². The van der Waals surface area contributed by atoms with Gasteiger partial charge in [0.2, 0.25) is 10.0 Å². The van der Waals surface area contributed by atoms with Crippen molar-refractivity contribution in [3.05, 3.63) is 29.8 Å². The van der Waals surface area contributed by atoms with Gasteiger partial charge >= 0.3 is 0 Å². The first-order valence-corrected chi connectivity index (χ1v) is 8.72. The van der Waals surface area contributed by atoms with Gasteiger partial charge in [0.05, 0.1) is 4.90 Å². The highest BCUT2D eigenvalue weighted by atomic mass is 32.2. The normalized spacial score (nSPS) is 26.8. The van der Waals surface area contributed by atoms with Gasteiger partial charge in [-0.15, -0.1) is 0 Å². The maximum absolute atomic E-state index is 12.5. The van der Waals surface area contributed by atoms with Crippen molar-refractivity contribution in [1.82, 2.24) is 4.31 Å². The lowest BCUT2D eigenvalue weighted by Crippen LogP contribution is -2.39. The lowest BCUT2D eigenvalue weighted by Gasteiger charge is -2.25. The number of fused-ring (bicyclic) bond motifs is 2. The zero-order chi connectivity index (χ0) is 13.6. The molecule has 2 heterocycles. The standard InChI is InChI=1S/C13H15NO3S2/c1-9(15)10-2-4-13(5-3-10)19(16,17)14-7-12-6-11(14)8-18-12/h2-5,11-12H,6-8H2,1H3. The van der Waals surface area contributed by atoms with Crippen LogP contribution in [0.15, 0.2) is 29.2 Å². The van der Waals surface area contributed by atoms with E-state index in [1.54, 1.807) is 16.4 Å². The number of hydrogen-bond donors (Lipinski definition) is 0. The average molecular weight is 297 g/mol. The Labute approximate surface area is 117 Å². The van der Waals surface area contributed by atoms with E-state index >= 15 is 0 Å². The quantitative estimate of drug-likeness (QED) is 0.798. The molecule has 0 aliphatic carbocycles. The Morgan fingerprint density at radius 3 is 2.47 bits per heavy atom. The van der Waals surface area contributed by atoms with Gasteiger partial charge in [-0.3, -0.25) is 4.79 Å².